The van der Waals surface area contributed by atoms with Gasteiger partial charge in [-0.3, -0.25) is 13.9 Å². The van der Waals surface area contributed by atoms with Crippen molar-refractivity contribution in [3.63, 3.8) is 0 Å². The highest BCUT2D eigenvalue weighted by Gasteiger charge is 2.32. The molecule has 0 spiro atoms. The van der Waals surface area contributed by atoms with E-state index < -0.39 is 22.0 Å². The smallest absolute Gasteiger partial charge is 0.244 e. The van der Waals surface area contributed by atoms with E-state index in [4.69, 9.17) is 0 Å². The van der Waals surface area contributed by atoms with Crippen molar-refractivity contribution < 1.29 is 18.0 Å². The summed E-state index contributed by atoms with van der Waals surface area (Å²) in [7, 11) is -3.75. The molecule has 0 bridgehead atoms. The molecule has 2 aromatic rings. The second-order valence-electron chi connectivity index (χ2n) is 8.81. The first-order chi connectivity index (χ1) is 16.0. The van der Waals surface area contributed by atoms with E-state index in [1.165, 1.54) is 4.90 Å². The monoisotopic (exact) mass is 487 g/mol. The van der Waals surface area contributed by atoms with Crippen molar-refractivity contribution >= 4 is 27.5 Å². The summed E-state index contributed by atoms with van der Waals surface area (Å²) in [5.41, 5.74) is 3.08. The summed E-state index contributed by atoms with van der Waals surface area (Å²) in [6.07, 6.45) is 2.26. The van der Waals surface area contributed by atoms with Crippen LogP contribution in [0.2, 0.25) is 0 Å². The molecule has 2 amide bonds. The molecule has 2 rings (SSSR count). The molecule has 0 aromatic heterocycles. The van der Waals surface area contributed by atoms with Crippen LogP contribution in [0.4, 0.5) is 5.69 Å². The number of carbonyl (C=O) groups excluding carboxylic acids is 2. The van der Waals surface area contributed by atoms with Crippen LogP contribution in [0.3, 0.4) is 0 Å². The van der Waals surface area contributed by atoms with Gasteiger partial charge in [0.1, 0.15) is 12.6 Å². The number of aryl methyl sites for hydroxylation is 2. The van der Waals surface area contributed by atoms with Crippen LogP contribution in [-0.2, 0) is 26.2 Å². The Morgan fingerprint density at radius 3 is 2.18 bits per heavy atom. The SMILES string of the molecule is CCC(C)NC(=O)C(CC)N(Cc1ccccc1)C(=O)CN(c1ccc(C)cc1C)S(C)(=O)=O. The van der Waals surface area contributed by atoms with E-state index in [-0.39, 0.29) is 25.0 Å². The van der Waals surface area contributed by atoms with Crippen LogP contribution >= 0.6 is 0 Å². The van der Waals surface area contributed by atoms with Gasteiger partial charge in [0, 0.05) is 12.6 Å². The van der Waals surface area contributed by atoms with Crippen molar-refractivity contribution in [2.45, 2.75) is 66.1 Å². The van der Waals surface area contributed by atoms with Crippen LogP contribution in [0.1, 0.15) is 50.3 Å². The third-order valence-electron chi connectivity index (χ3n) is 5.88. The highest BCUT2D eigenvalue weighted by atomic mass is 32.2. The van der Waals surface area contributed by atoms with Gasteiger partial charge in [0.05, 0.1) is 11.9 Å². The first-order valence-corrected chi connectivity index (χ1v) is 13.5. The van der Waals surface area contributed by atoms with Crippen molar-refractivity contribution in [2.75, 3.05) is 17.1 Å². The quantitative estimate of drug-likeness (QED) is 0.522. The number of hydrogen-bond donors (Lipinski definition) is 1. The summed E-state index contributed by atoms with van der Waals surface area (Å²) >= 11 is 0. The average molecular weight is 488 g/mol. The number of rotatable bonds is 11. The fourth-order valence-electron chi connectivity index (χ4n) is 3.82. The summed E-state index contributed by atoms with van der Waals surface area (Å²) < 4.78 is 26.6. The molecule has 0 saturated carbocycles. The zero-order chi connectivity index (χ0) is 25.5. The molecule has 0 aliphatic carbocycles. The molecule has 186 valence electrons. The minimum absolute atomic E-state index is 0.0297. The van der Waals surface area contributed by atoms with Gasteiger partial charge in [-0.05, 0) is 50.8 Å². The van der Waals surface area contributed by atoms with E-state index in [9.17, 15) is 18.0 Å². The van der Waals surface area contributed by atoms with Crippen molar-refractivity contribution in [2.24, 2.45) is 0 Å². The molecule has 0 heterocycles. The Morgan fingerprint density at radius 1 is 1.00 bits per heavy atom. The Morgan fingerprint density at radius 2 is 1.65 bits per heavy atom. The molecule has 0 saturated heterocycles. The largest absolute Gasteiger partial charge is 0.352 e. The van der Waals surface area contributed by atoms with Crippen LogP contribution in [0.25, 0.3) is 0 Å². The lowest BCUT2D eigenvalue weighted by Crippen LogP contribution is -2.53. The lowest BCUT2D eigenvalue weighted by molar-refractivity contribution is -0.140. The van der Waals surface area contributed by atoms with Crippen LogP contribution in [0.5, 0.6) is 0 Å². The van der Waals surface area contributed by atoms with Gasteiger partial charge in [-0.25, -0.2) is 8.42 Å². The Hall–Kier alpha value is -2.87. The zero-order valence-electron chi connectivity index (χ0n) is 21.0. The number of carbonyl (C=O) groups is 2. The van der Waals surface area contributed by atoms with E-state index in [0.29, 0.717) is 12.1 Å². The maximum Gasteiger partial charge on any atom is 0.244 e. The van der Waals surface area contributed by atoms with Crippen LogP contribution in [0.15, 0.2) is 48.5 Å². The lowest BCUT2D eigenvalue weighted by Gasteiger charge is -2.33. The van der Waals surface area contributed by atoms with E-state index >= 15 is 0 Å². The van der Waals surface area contributed by atoms with Gasteiger partial charge in [0.2, 0.25) is 21.8 Å². The number of nitrogens with zero attached hydrogens (tertiary/aromatic N) is 2. The van der Waals surface area contributed by atoms with Gasteiger partial charge >= 0.3 is 0 Å². The van der Waals surface area contributed by atoms with Gasteiger partial charge in [-0.1, -0.05) is 61.9 Å². The van der Waals surface area contributed by atoms with Gasteiger partial charge in [-0.15, -0.1) is 0 Å². The zero-order valence-corrected chi connectivity index (χ0v) is 21.9. The van der Waals surface area contributed by atoms with Crippen LogP contribution in [-0.4, -0.2) is 50.0 Å². The molecule has 2 aromatic carbocycles. The van der Waals surface area contributed by atoms with Gasteiger partial charge in [-0.2, -0.15) is 0 Å². The average Bonchev–Trinajstić information content (AvgIpc) is 2.77. The van der Waals surface area contributed by atoms with Crippen molar-refractivity contribution in [1.29, 1.82) is 0 Å². The third-order valence-corrected chi connectivity index (χ3v) is 7.01. The predicted molar refractivity (Wildman–Crippen MR) is 137 cm³/mol. The van der Waals surface area contributed by atoms with Crippen molar-refractivity contribution in [1.82, 2.24) is 10.2 Å². The van der Waals surface area contributed by atoms with Gasteiger partial charge in [0.15, 0.2) is 0 Å². The maximum atomic E-state index is 13.7. The van der Waals surface area contributed by atoms with Crippen LogP contribution < -0.4 is 9.62 Å². The number of anilines is 1. The van der Waals surface area contributed by atoms with E-state index in [1.54, 1.807) is 6.07 Å². The Balaban J connectivity index is 2.44. The molecular formula is C26H37N3O4S. The molecule has 1 N–H and O–H groups in total. The molecule has 0 aliphatic heterocycles. The Bertz CT molecular complexity index is 1090. The highest BCUT2D eigenvalue weighted by Crippen LogP contribution is 2.24. The predicted octanol–water partition coefficient (Wildman–Crippen LogP) is 3.79. The standard InChI is InChI=1S/C26H37N3O4S/c1-7-21(5)27-26(31)23(8-2)28(17-22-12-10-9-11-13-22)25(30)18-29(34(6,32)33)24-15-14-19(3)16-20(24)4/h9-16,21,23H,7-8,17-18H2,1-6H3,(H,27,31). The lowest BCUT2D eigenvalue weighted by atomic mass is 10.1. The summed E-state index contributed by atoms with van der Waals surface area (Å²) in [4.78, 5) is 28.2. The molecule has 8 heteroatoms. The second-order valence-corrected chi connectivity index (χ2v) is 10.7. The summed E-state index contributed by atoms with van der Waals surface area (Å²) in [6.45, 7) is 9.31. The van der Waals surface area contributed by atoms with Crippen molar-refractivity contribution in [3.8, 4) is 0 Å². The van der Waals surface area contributed by atoms with E-state index in [1.807, 2.05) is 77.1 Å². The number of nitrogens with one attached hydrogen (secondary N) is 1. The number of hydrogen-bond acceptors (Lipinski definition) is 4. The molecule has 7 nitrogen and oxygen atoms in total. The van der Waals surface area contributed by atoms with E-state index in [0.717, 1.165) is 33.7 Å². The second kappa shape index (κ2) is 12.0. The van der Waals surface area contributed by atoms with Gasteiger partial charge < -0.3 is 10.2 Å². The fraction of sp³-hybridized carbons (Fsp3) is 0.462. The molecule has 2 unspecified atom stereocenters. The first-order valence-electron chi connectivity index (χ1n) is 11.7. The van der Waals surface area contributed by atoms with Crippen LogP contribution in [0, 0.1) is 13.8 Å². The summed E-state index contributed by atoms with van der Waals surface area (Å²) in [5, 5.41) is 2.97. The van der Waals surface area contributed by atoms with E-state index in [2.05, 4.69) is 5.32 Å². The number of amides is 2. The molecule has 0 aliphatic rings. The Kier molecular flexibility index (Phi) is 9.67. The molecule has 0 radical (unpaired) electrons. The molecule has 2 atom stereocenters. The number of sulfonamides is 1. The topological polar surface area (TPSA) is 86.8 Å². The van der Waals surface area contributed by atoms with Gasteiger partial charge in [0.25, 0.3) is 0 Å². The maximum absolute atomic E-state index is 13.7. The number of benzene rings is 2. The van der Waals surface area contributed by atoms with Crippen molar-refractivity contribution in [3.05, 3.63) is 65.2 Å². The molecular weight excluding hydrogens is 450 g/mol. The first kappa shape index (κ1) is 27.4. The minimum Gasteiger partial charge on any atom is -0.352 e. The summed E-state index contributed by atoms with van der Waals surface area (Å²) in [6, 6.07) is 14.1. The Labute approximate surface area is 204 Å². The minimum atomic E-state index is -3.75. The normalized spacial score (nSPS) is 13.1. The highest BCUT2D eigenvalue weighted by molar-refractivity contribution is 7.92. The third kappa shape index (κ3) is 7.32. The fourth-order valence-corrected chi connectivity index (χ4v) is 4.73. The molecule has 34 heavy (non-hydrogen) atoms. The summed E-state index contributed by atoms with van der Waals surface area (Å²) in [5.74, 6) is -0.668. The molecule has 0 fully saturated rings.